The second-order valence-corrected chi connectivity index (χ2v) is 7.68. The molecule has 0 atom stereocenters. The van der Waals surface area contributed by atoms with Crippen LogP contribution in [0.25, 0.3) is 0 Å². The summed E-state index contributed by atoms with van der Waals surface area (Å²) < 4.78 is 41.3. The van der Waals surface area contributed by atoms with Crippen molar-refractivity contribution in [3.05, 3.63) is 22.4 Å². The summed E-state index contributed by atoms with van der Waals surface area (Å²) in [5.74, 6) is -0.817. The lowest BCUT2D eigenvalue weighted by molar-refractivity contribution is 0.217. The number of nitrogens with zero attached hydrogens (tertiary/aromatic N) is 1. The van der Waals surface area contributed by atoms with Crippen LogP contribution in [0.4, 0.5) is 10.1 Å². The highest BCUT2D eigenvalue weighted by molar-refractivity contribution is 9.10. The van der Waals surface area contributed by atoms with E-state index in [9.17, 15) is 12.8 Å². The molecule has 0 amide bonds. The molecule has 2 rings (SSSR count). The molecule has 0 bridgehead atoms. The molecule has 0 unspecified atom stereocenters. The quantitative estimate of drug-likeness (QED) is 0.783. The second kappa shape index (κ2) is 6.60. The number of nitrogen functional groups attached to an aromatic ring is 1. The van der Waals surface area contributed by atoms with Gasteiger partial charge in [-0.05, 0) is 60.5 Å². The minimum Gasteiger partial charge on any atom is -0.399 e. The van der Waals surface area contributed by atoms with Gasteiger partial charge >= 0.3 is 0 Å². The lowest BCUT2D eigenvalue weighted by Crippen LogP contribution is -2.44. The molecule has 1 heterocycles. The first-order chi connectivity index (χ1) is 9.83. The number of likely N-dealkylation sites (tertiary alicyclic amines) is 1. The van der Waals surface area contributed by atoms with E-state index >= 15 is 0 Å². The molecule has 1 fully saturated rings. The van der Waals surface area contributed by atoms with Crippen molar-refractivity contribution in [1.29, 1.82) is 0 Å². The molecule has 118 valence electrons. The Morgan fingerprint density at radius 3 is 2.62 bits per heavy atom. The molecule has 5 nitrogen and oxygen atoms in total. The molecular weight excluding hydrogens is 361 g/mol. The Balaban J connectivity index is 2.16. The van der Waals surface area contributed by atoms with Crippen LogP contribution >= 0.6 is 15.9 Å². The molecule has 1 saturated heterocycles. The molecule has 1 aromatic carbocycles. The average molecular weight is 380 g/mol. The van der Waals surface area contributed by atoms with Crippen LogP contribution in [0.1, 0.15) is 19.8 Å². The first kappa shape index (κ1) is 16.7. The monoisotopic (exact) mass is 379 g/mol. The van der Waals surface area contributed by atoms with Crippen molar-refractivity contribution >= 4 is 31.6 Å². The average Bonchev–Trinajstić information content (AvgIpc) is 2.43. The predicted octanol–water partition coefficient (Wildman–Crippen LogP) is 1.93. The Morgan fingerprint density at radius 1 is 1.43 bits per heavy atom. The number of hydrogen-bond acceptors (Lipinski definition) is 4. The third-order valence-electron chi connectivity index (χ3n) is 3.66. The normalized spacial score (nSPS) is 18.0. The number of rotatable bonds is 4. The zero-order valence-electron chi connectivity index (χ0n) is 11.8. The molecule has 0 saturated carbocycles. The minimum atomic E-state index is -3.91. The van der Waals surface area contributed by atoms with Gasteiger partial charge in [-0.25, -0.2) is 17.5 Å². The van der Waals surface area contributed by atoms with Gasteiger partial charge in [-0.3, -0.25) is 0 Å². The van der Waals surface area contributed by atoms with E-state index in [4.69, 9.17) is 5.73 Å². The van der Waals surface area contributed by atoms with Crippen LogP contribution in [-0.4, -0.2) is 39.0 Å². The van der Waals surface area contributed by atoms with E-state index in [-0.39, 0.29) is 16.2 Å². The molecule has 21 heavy (non-hydrogen) atoms. The number of anilines is 1. The summed E-state index contributed by atoms with van der Waals surface area (Å²) in [5.41, 5.74) is 5.80. The van der Waals surface area contributed by atoms with Crippen LogP contribution in [0.5, 0.6) is 0 Å². The first-order valence-corrected chi connectivity index (χ1v) is 9.10. The molecule has 0 radical (unpaired) electrons. The van der Waals surface area contributed by atoms with Crippen LogP contribution in [0.2, 0.25) is 0 Å². The van der Waals surface area contributed by atoms with E-state index in [1.807, 2.05) is 0 Å². The van der Waals surface area contributed by atoms with Gasteiger partial charge in [-0.1, -0.05) is 6.92 Å². The van der Waals surface area contributed by atoms with Crippen molar-refractivity contribution in [2.24, 2.45) is 0 Å². The highest BCUT2D eigenvalue weighted by Gasteiger charge is 2.27. The highest BCUT2D eigenvalue weighted by Crippen LogP contribution is 2.26. The summed E-state index contributed by atoms with van der Waals surface area (Å²) in [6, 6.07) is 2.31. The SMILES string of the molecule is CCN1CCC(NS(=O)(=O)c2cc(N)cc(Br)c2F)CC1. The second-order valence-electron chi connectivity index (χ2n) is 5.14. The van der Waals surface area contributed by atoms with Gasteiger partial charge in [0.15, 0.2) is 5.82 Å². The van der Waals surface area contributed by atoms with Gasteiger partial charge in [0.25, 0.3) is 0 Å². The number of nitrogens with one attached hydrogen (secondary N) is 1. The zero-order valence-corrected chi connectivity index (χ0v) is 14.2. The first-order valence-electron chi connectivity index (χ1n) is 6.82. The summed E-state index contributed by atoms with van der Waals surface area (Å²) >= 11 is 2.98. The topological polar surface area (TPSA) is 75.4 Å². The van der Waals surface area contributed by atoms with Gasteiger partial charge in [0, 0.05) is 11.7 Å². The van der Waals surface area contributed by atoms with Crippen LogP contribution < -0.4 is 10.5 Å². The summed E-state index contributed by atoms with van der Waals surface area (Å²) in [6.45, 7) is 4.71. The molecular formula is C13H19BrFN3O2S. The lowest BCUT2D eigenvalue weighted by atomic mass is 10.1. The summed E-state index contributed by atoms with van der Waals surface area (Å²) in [5, 5.41) is 0. The van der Waals surface area contributed by atoms with E-state index < -0.39 is 20.7 Å². The number of halogens is 2. The van der Waals surface area contributed by atoms with Gasteiger partial charge in [-0.2, -0.15) is 0 Å². The molecule has 0 aromatic heterocycles. The predicted molar refractivity (Wildman–Crippen MR) is 84.0 cm³/mol. The van der Waals surface area contributed by atoms with E-state index in [0.717, 1.165) is 38.5 Å². The number of nitrogens with two attached hydrogens (primary N) is 1. The van der Waals surface area contributed by atoms with E-state index in [2.05, 4.69) is 32.5 Å². The van der Waals surface area contributed by atoms with E-state index in [1.54, 1.807) is 0 Å². The maximum Gasteiger partial charge on any atom is 0.243 e. The van der Waals surface area contributed by atoms with Gasteiger partial charge in [0.1, 0.15) is 4.90 Å². The Bertz CT molecular complexity index is 616. The smallest absolute Gasteiger partial charge is 0.243 e. The largest absolute Gasteiger partial charge is 0.399 e. The van der Waals surface area contributed by atoms with Crippen molar-refractivity contribution in [2.75, 3.05) is 25.4 Å². The Labute approximate surface area is 132 Å². The van der Waals surface area contributed by atoms with E-state index in [0.29, 0.717) is 0 Å². The lowest BCUT2D eigenvalue weighted by Gasteiger charge is -2.31. The van der Waals surface area contributed by atoms with Crippen LogP contribution in [0.3, 0.4) is 0 Å². The van der Waals surface area contributed by atoms with Gasteiger partial charge in [0.2, 0.25) is 10.0 Å². The van der Waals surface area contributed by atoms with Gasteiger partial charge in [0.05, 0.1) is 4.47 Å². The Morgan fingerprint density at radius 2 is 2.05 bits per heavy atom. The molecule has 0 spiro atoms. The van der Waals surface area contributed by atoms with Crippen molar-refractivity contribution in [3.63, 3.8) is 0 Å². The maximum atomic E-state index is 14.0. The zero-order chi connectivity index (χ0) is 15.6. The van der Waals surface area contributed by atoms with Crippen LogP contribution in [-0.2, 0) is 10.0 Å². The van der Waals surface area contributed by atoms with Crippen molar-refractivity contribution in [3.8, 4) is 0 Å². The Hall–Kier alpha value is -0.700. The van der Waals surface area contributed by atoms with E-state index in [1.165, 1.54) is 6.07 Å². The maximum absolute atomic E-state index is 14.0. The minimum absolute atomic E-state index is 0.0451. The molecule has 0 aliphatic carbocycles. The molecule has 3 N–H and O–H groups in total. The number of hydrogen-bond donors (Lipinski definition) is 2. The third kappa shape index (κ3) is 3.94. The fraction of sp³-hybridized carbons (Fsp3) is 0.538. The fourth-order valence-electron chi connectivity index (χ4n) is 2.43. The van der Waals surface area contributed by atoms with Crippen LogP contribution in [0.15, 0.2) is 21.5 Å². The third-order valence-corrected chi connectivity index (χ3v) is 5.76. The Kier molecular flexibility index (Phi) is 5.24. The van der Waals surface area contributed by atoms with Crippen LogP contribution in [0, 0.1) is 5.82 Å². The summed E-state index contributed by atoms with van der Waals surface area (Å²) in [6.07, 6.45) is 1.44. The van der Waals surface area contributed by atoms with Crippen molar-refractivity contribution in [1.82, 2.24) is 9.62 Å². The van der Waals surface area contributed by atoms with Crippen molar-refractivity contribution < 1.29 is 12.8 Å². The molecule has 1 aliphatic heterocycles. The molecule has 1 aromatic rings. The molecule has 1 aliphatic rings. The number of piperidine rings is 1. The summed E-state index contributed by atoms with van der Waals surface area (Å²) in [7, 11) is -3.91. The fourth-order valence-corrected chi connectivity index (χ4v) is 4.48. The van der Waals surface area contributed by atoms with Crippen molar-refractivity contribution in [2.45, 2.75) is 30.7 Å². The summed E-state index contributed by atoms with van der Waals surface area (Å²) in [4.78, 5) is 1.84. The standard InChI is InChI=1S/C13H19BrFN3O2S/c1-2-18-5-3-10(4-6-18)17-21(19,20)12-8-9(16)7-11(14)13(12)15/h7-8,10,17H,2-6,16H2,1H3. The molecule has 8 heteroatoms. The highest BCUT2D eigenvalue weighted by atomic mass is 79.9. The van der Waals surface area contributed by atoms with Gasteiger partial charge < -0.3 is 10.6 Å². The number of benzene rings is 1. The number of sulfonamides is 1. The van der Waals surface area contributed by atoms with Gasteiger partial charge in [-0.15, -0.1) is 0 Å².